The van der Waals surface area contributed by atoms with Gasteiger partial charge in [0.05, 0.1) is 26.0 Å². The van der Waals surface area contributed by atoms with E-state index in [9.17, 15) is 0 Å². The second-order valence-corrected chi connectivity index (χ2v) is 6.09. The van der Waals surface area contributed by atoms with Crippen LogP contribution in [0, 0.1) is 12.8 Å². The molecule has 1 aromatic heterocycles. The summed E-state index contributed by atoms with van der Waals surface area (Å²) in [5, 5.41) is 0. The maximum atomic E-state index is 5.79. The number of aromatic nitrogens is 1. The summed E-state index contributed by atoms with van der Waals surface area (Å²) < 4.78 is 16.3. The van der Waals surface area contributed by atoms with E-state index < -0.39 is 0 Å². The molecule has 0 N–H and O–H groups in total. The Morgan fingerprint density at radius 2 is 2.13 bits per heavy atom. The zero-order valence-corrected chi connectivity index (χ0v) is 13.8. The molecule has 1 fully saturated rings. The number of aryl methyl sites for hydroxylation is 1. The van der Waals surface area contributed by atoms with Gasteiger partial charge >= 0.3 is 0 Å². The second-order valence-electron chi connectivity index (χ2n) is 6.09. The predicted octanol–water partition coefficient (Wildman–Crippen LogP) is 2.68. The Kier molecular flexibility index (Phi) is 5.31. The molecule has 2 heterocycles. The first-order valence-electron chi connectivity index (χ1n) is 8.07. The number of rotatable bonds is 5. The molecule has 0 radical (unpaired) electrons. The summed E-state index contributed by atoms with van der Waals surface area (Å²) in [5.41, 5.74) is 2.31. The van der Waals surface area contributed by atoms with Crippen LogP contribution in [0.15, 0.2) is 34.9 Å². The molecule has 1 unspecified atom stereocenters. The number of nitrogens with zero attached hydrogens (tertiary/aromatic N) is 2. The SMILES string of the molecule is COc1ccc(CC2COCCN(Cc3coc(C)n3)C2)cc1. The van der Waals surface area contributed by atoms with Crippen molar-refractivity contribution in [3.05, 3.63) is 47.7 Å². The third-order valence-electron chi connectivity index (χ3n) is 4.16. The predicted molar refractivity (Wildman–Crippen MR) is 87.5 cm³/mol. The summed E-state index contributed by atoms with van der Waals surface area (Å²) >= 11 is 0. The van der Waals surface area contributed by atoms with Crippen molar-refractivity contribution in [1.82, 2.24) is 9.88 Å². The third-order valence-corrected chi connectivity index (χ3v) is 4.16. The molecular formula is C18H24N2O3. The van der Waals surface area contributed by atoms with Gasteiger partial charge in [-0.3, -0.25) is 4.90 Å². The Labute approximate surface area is 137 Å². The fourth-order valence-electron chi connectivity index (χ4n) is 3.02. The van der Waals surface area contributed by atoms with Crippen LogP contribution in [0.1, 0.15) is 17.1 Å². The second kappa shape index (κ2) is 7.62. The van der Waals surface area contributed by atoms with E-state index in [4.69, 9.17) is 13.9 Å². The summed E-state index contributed by atoms with van der Waals surface area (Å²) in [4.78, 5) is 6.80. The van der Waals surface area contributed by atoms with E-state index in [1.165, 1.54) is 5.56 Å². The van der Waals surface area contributed by atoms with Crippen molar-refractivity contribution >= 4 is 0 Å². The minimum Gasteiger partial charge on any atom is -0.497 e. The average Bonchev–Trinajstić information content (AvgIpc) is 2.83. The monoisotopic (exact) mass is 316 g/mol. The van der Waals surface area contributed by atoms with Crippen LogP contribution in [0.4, 0.5) is 0 Å². The van der Waals surface area contributed by atoms with Crippen LogP contribution >= 0.6 is 0 Å². The molecule has 0 bridgehead atoms. The third kappa shape index (κ3) is 4.56. The first-order chi connectivity index (χ1) is 11.2. The van der Waals surface area contributed by atoms with Crippen LogP contribution in [-0.4, -0.2) is 43.3 Å². The van der Waals surface area contributed by atoms with Crippen LogP contribution in [0.3, 0.4) is 0 Å². The highest BCUT2D eigenvalue weighted by Crippen LogP contribution is 2.18. The molecule has 0 aliphatic carbocycles. The van der Waals surface area contributed by atoms with Crippen LogP contribution in [0.5, 0.6) is 5.75 Å². The standard InChI is InChI=1S/C18H24N2O3/c1-14-19-17(13-23-14)11-20-7-8-22-12-16(10-20)9-15-3-5-18(21-2)6-4-15/h3-6,13,16H,7-12H2,1-2H3. The van der Waals surface area contributed by atoms with E-state index in [2.05, 4.69) is 22.0 Å². The molecule has 5 heteroatoms. The zero-order chi connectivity index (χ0) is 16.1. The number of methoxy groups -OCH3 is 1. The van der Waals surface area contributed by atoms with Crippen molar-refractivity contribution in [2.24, 2.45) is 5.92 Å². The highest BCUT2D eigenvalue weighted by Gasteiger charge is 2.20. The molecule has 0 saturated carbocycles. The van der Waals surface area contributed by atoms with Crippen molar-refractivity contribution in [3.8, 4) is 5.75 Å². The van der Waals surface area contributed by atoms with Gasteiger partial charge in [-0.2, -0.15) is 0 Å². The molecule has 5 nitrogen and oxygen atoms in total. The van der Waals surface area contributed by atoms with Gasteiger partial charge in [0, 0.05) is 26.6 Å². The minimum absolute atomic E-state index is 0.485. The van der Waals surface area contributed by atoms with Gasteiger partial charge in [-0.1, -0.05) is 12.1 Å². The first-order valence-corrected chi connectivity index (χ1v) is 8.07. The van der Waals surface area contributed by atoms with Gasteiger partial charge < -0.3 is 13.9 Å². The molecule has 0 amide bonds. The molecule has 1 saturated heterocycles. The van der Waals surface area contributed by atoms with Gasteiger partial charge in [0.15, 0.2) is 5.89 Å². The summed E-state index contributed by atoms with van der Waals surface area (Å²) in [6.45, 7) is 6.22. The van der Waals surface area contributed by atoms with Crippen LogP contribution in [0.25, 0.3) is 0 Å². The molecule has 1 aromatic carbocycles. The lowest BCUT2D eigenvalue weighted by Crippen LogP contribution is -2.30. The van der Waals surface area contributed by atoms with Gasteiger partial charge in [0.25, 0.3) is 0 Å². The van der Waals surface area contributed by atoms with E-state index in [1.807, 2.05) is 19.1 Å². The largest absolute Gasteiger partial charge is 0.497 e. The summed E-state index contributed by atoms with van der Waals surface area (Å²) in [6, 6.07) is 8.30. The van der Waals surface area contributed by atoms with Crippen molar-refractivity contribution in [2.75, 3.05) is 33.4 Å². The van der Waals surface area contributed by atoms with Crippen molar-refractivity contribution in [1.29, 1.82) is 0 Å². The average molecular weight is 316 g/mol. The first kappa shape index (κ1) is 16.0. The van der Waals surface area contributed by atoms with Crippen LogP contribution in [0.2, 0.25) is 0 Å². The molecule has 124 valence electrons. The molecule has 0 spiro atoms. The van der Waals surface area contributed by atoms with Crippen molar-refractivity contribution in [2.45, 2.75) is 19.9 Å². The topological polar surface area (TPSA) is 47.7 Å². The number of benzene rings is 1. The number of ether oxygens (including phenoxy) is 2. The summed E-state index contributed by atoms with van der Waals surface area (Å²) in [6.07, 6.45) is 2.76. The van der Waals surface area contributed by atoms with Gasteiger partial charge in [-0.05, 0) is 30.0 Å². The van der Waals surface area contributed by atoms with Gasteiger partial charge in [0.1, 0.15) is 12.0 Å². The summed E-state index contributed by atoms with van der Waals surface area (Å²) in [7, 11) is 1.69. The van der Waals surface area contributed by atoms with E-state index in [1.54, 1.807) is 13.4 Å². The van der Waals surface area contributed by atoms with Crippen molar-refractivity contribution < 1.29 is 13.9 Å². The fraction of sp³-hybridized carbons (Fsp3) is 0.500. The molecule has 2 aromatic rings. The molecule has 23 heavy (non-hydrogen) atoms. The maximum Gasteiger partial charge on any atom is 0.191 e. The van der Waals surface area contributed by atoms with Gasteiger partial charge in [-0.15, -0.1) is 0 Å². The van der Waals surface area contributed by atoms with E-state index in [0.717, 1.165) is 56.6 Å². The van der Waals surface area contributed by atoms with Crippen molar-refractivity contribution in [3.63, 3.8) is 0 Å². The van der Waals surface area contributed by atoms with Crippen LogP contribution in [-0.2, 0) is 17.7 Å². The lowest BCUT2D eigenvalue weighted by molar-refractivity contribution is 0.121. The maximum absolute atomic E-state index is 5.79. The normalized spacial score (nSPS) is 19.5. The molecular weight excluding hydrogens is 292 g/mol. The Morgan fingerprint density at radius 3 is 2.83 bits per heavy atom. The Balaban J connectivity index is 1.59. The lowest BCUT2D eigenvalue weighted by atomic mass is 9.99. The van der Waals surface area contributed by atoms with E-state index in [-0.39, 0.29) is 0 Å². The fourth-order valence-corrected chi connectivity index (χ4v) is 3.02. The van der Waals surface area contributed by atoms with Gasteiger partial charge in [0.2, 0.25) is 0 Å². The smallest absolute Gasteiger partial charge is 0.191 e. The summed E-state index contributed by atoms with van der Waals surface area (Å²) in [5.74, 6) is 2.11. The Hall–Kier alpha value is -1.85. The van der Waals surface area contributed by atoms with E-state index >= 15 is 0 Å². The Bertz CT molecular complexity index is 609. The molecule has 3 rings (SSSR count). The number of hydrogen-bond acceptors (Lipinski definition) is 5. The minimum atomic E-state index is 0.485. The molecule has 1 aliphatic rings. The highest BCUT2D eigenvalue weighted by molar-refractivity contribution is 5.27. The lowest BCUT2D eigenvalue weighted by Gasteiger charge is -2.22. The Morgan fingerprint density at radius 1 is 1.30 bits per heavy atom. The van der Waals surface area contributed by atoms with E-state index in [0.29, 0.717) is 5.92 Å². The molecule has 1 aliphatic heterocycles. The van der Waals surface area contributed by atoms with Gasteiger partial charge in [-0.25, -0.2) is 4.98 Å². The quantitative estimate of drug-likeness (QED) is 0.849. The number of oxazole rings is 1. The van der Waals surface area contributed by atoms with Crippen LogP contribution < -0.4 is 4.74 Å². The zero-order valence-electron chi connectivity index (χ0n) is 13.8. The number of hydrogen-bond donors (Lipinski definition) is 0. The highest BCUT2D eigenvalue weighted by atomic mass is 16.5. The molecule has 1 atom stereocenters.